The molecule has 1 rings (SSSR count). The Morgan fingerprint density at radius 3 is 2.71 bits per heavy atom. The monoisotopic (exact) mass is 247 g/mol. The van der Waals surface area contributed by atoms with Crippen LogP contribution in [0.3, 0.4) is 0 Å². The Kier molecular flexibility index (Phi) is 5.65. The predicted molar refractivity (Wildman–Crippen MR) is 59.4 cm³/mol. The number of halogens is 2. The van der Waals surface area contributed by atoms with Gasteiger partial charge < -0.3 is 19.9 Å². The van der Waals surface area contributed by atoms with Gasteiger partial charge in [-0.25, -0.2) is 0 Å². The Bertz CT molecular complexity index is 336. The summed E-state index contributed by atoms with van der Waals surface area (Å²) in [6.07, 6.45) is -0.709. The second-order valence-corrected chi connectivity index (χ2v) is 3.36. The first-order valence-electron chi connectivity index (χ1n) is 5.08. The SMILES string of the molecule is COCC(O)CNc1ccccc1OC(F)F. The third-order valence-electron chi connectivity index (χ3n) is 1.99. The van der Waals surface area contributed by atoms with E-state index in [1.54, 1.807) is 18.2 Å². The number of rotatable bonds is 7. The smallest absolute Gasteiger partial charge is 0.387 e. The van der Waals surface area contributed by atoms with Gasteiger partial charge in [0.15, 0.2) is 0 Å². The number of ether oxygens (including phenoxy) is 2. The Morgan fingerprint density at radius 2 is 2.06 bits per heavy atom. The molecule has 96 valence electrons. The van der Waals surface area contributed by atoms with Crippen molar-refractivity contribution in [3.05, 3.63) is 24.3 Å². The van der Waals surface area contributed by atoms with Gasteiger partial charge in [-0.15, -0.1) is 0 Å². The molecule has 17 heavy (non-hydrogen) atoms. The molecule has 0 aliphatic carbocycles. The van der Waals surface area contributed by atoms with Gasteiger partial charge in [0.2, 0.25) is 0 Å². The molecule has 0 aliphatic heterocycles. The van der Waals surface area contributed by atoms with E-state index in [0.717, 1.165) is 0 Å². The molecule has 0 aromatic heterocycles. The zero-order valence-corrected chi connectivity index (χ0v) is 9.40. The third-order valence-corrected chi connectivity index (χ3v) is 1.99. The highest BCUT2D eigenvalue weighted by atomic mass is 19.3. The molecule has 2 N–H and O–H groups in total. The van der Waals surface area contributed by atoms with Gasteiger partial charge in [0, 0.05) is 13.7 Å². The Hall–Kier alpha value is -1.40. The van der Waals surface area contributed by atoms with Crippen molar-refractivity contribution in [2.75, 3.05) is 25.6 Å². The minimum atomic E-state index is -2.87. The van der Waals surface area contributed by atoms with Crippen LogP contribution in [0.1, 0.15) is 0 Å². The van der Waals surface area contributed by atoms with Crippen molar-refractivity contribution in [3.8, 4) is 5.75 Å². The number of hydrogen-bond donors (Lipinski definition) is 2. The number of aliphatic hydroxyl groups is 1. The molecule has 1 aromatic carbocycles. The number of nitrogens with one attached hydrogen (secondary N) is 1. The average Bonchev–Trinajstić information content (AvgIpc) is 2.27. The van der Waals surface area contributed by atoms with Gasteiger partial charge in [0.1, 0.15) is 5.75 Å². The Morgan fingerprint density at radius 1 is 1.35 bits per heavy atom. The minimum absolute atomic E-state index is 0.0483. The quantitative estimate of drug-likeness (QED) is 0.770. The van der Waals surface area contributed by atoms with Gasteiger partial charge in [0.25, 0.3) is 0 Å². The molecule has 0 radical (unpaired) electrons. The average molecular weight is 247 g/mol. The summed E-state index contributed by atoms with van der Waals surface area (Å²) in [6, 6.07) is 6.30. The lowest BCUT2D eigenvalue weighted by molar-refractivity contribution is -0.0493. The van der Waals surface area contributed by atoms with E-state index in [9.17, 15) is 13.9 Å². The molecule has 0 bridgehead atoms. The normalized spacial score (nSPS) is 12.5. The van der Waals surface area contributed by atoms with Gasteiger partial charge in [-0.05, 0) is 12.1 Å². The molecule has 1 atom stereocenters. The van der Waals surface area contributed by atoms with Gasteiger partial charge in [-0.3, -0.25) is 0 Å². The van der Waals surface area contributed by atoms with Crippen LogP contribution in [0, 0.1) is 0 Å². The first-order chi connectivity index (χ1) is 8.13. The third kappa shape index (κ3) is 4.97. The zero-order valence-electron chi connectivity index (χ0n) is 9.40. The number of benzene rings is 1. The van der Waals surface area contributed by atoms with E-state index >= 15 is 0 Å². The van der Waals surface area contributed by atoms with Crippen molar-refractivity contribution in [1.82, 2.24) is 0 Å². The maximum Gasteiger partial charge on any atom is 0.387 e. The summed E-state index contributed by atoms with van der Waals surface area (Å²) in [5.74, 6) is 0.0483. The highest BCUT2D eigenvalue weighted by molar-refractivity contribution is 5.56. The van der Waals surface area contributed by atoms with Gasteiger partial charge in [-0.1, -0.05) is 12.1 Å². The molecule has 0 saturated carbocycles. The summed E-state index contributed by atoms with van der Waals surface area (Å²) < 4.78 is 33.3. The van der Waals surface area contributed by atoms with Crippen LogP contribution < -0.4 is 10.1 Å². The summed E-state index contributed by atoms with van der Waals surface area (Å²) in [7, 11) is 1.47. The van der Waals surface area contributed by atoms with Crippen LogP contribution in [-0.4, -0.2) is 38.1 Å². The lowest BCUT2D eigenvalue weighted by Crippen LogP contribution is -2.24. The fourth-order valence-corrected chi connectivity index (χ4v) is 1.29. The van der Waals surface area contributed by atoms with Crippen LogP contribution in [-0.2, 0) is 4.74 Å². The number of anilines is 1. The molecular formula is C11H15F2NO3. The van der Waals surface area contributed by atoms with E-state index in [-0.39, 0.29) is 18.9 Å². The topological polar surface area (TPSA) is 50.7 Å². The summed E-state index contributed by atoms with van der Waals surface area (Å²) in [4.78, 5) is 0. The van der Waals surface area contributed by atoms with Crippen molar-refractivity contribution < 1.29 is 23.4 Å². The molecule has 0 fully saturated rings. The van der Waals surface area contributed by atoms with E-state index in [4.69, 9.17) is 4.74 Å². The number of aliphatic hydroxyl groups excluding tert-OH is 1. The first kappa shape index (κ1) is 13.7. The number of hydrogen-bond acceptors (Lipinski definition) is 4. The van der Waals surface area contributed by atoms with Crippen LogP contribution in [0.5, 0.6) is 5.75 Å². The first-order valence-corrected chi connectivity index (χ1v) is 5.08. The fourth-order valence-electron chi connectivity index (χ4n) is 1.29. The number of methoxy groups -OCH3 is 1. The molecule has 1 unspecified atom stereocenters. The van der Waals surface area contributed by atoms with Gasteiger partial charge in [-0.2, -0.15) is 8.78 Å². The molecule has 4 nitrogen and oxygen atoms in total. The van der Waals surface area contributed by atoms with Crippen molar-refractivity contribution >= 4 is 5.69 Å². The maximum absolute atomic E-state index is 12.1. The van der Waals surface area contributed by atoms with E-state index in [1.807, 2.05) is 0 Å². The van der Waals surface area contributed by atoms with Gasteiger partial charge in [0.05, 0.1) is 18.4 Å². The van der Waals surface area contributed by atoms with Crippen molar-refractivity contribution in [2.45, 2.75) is 12.7 Å². The fraction of sp³-hybridized carbons (Fsp3) is 0.455. The summed E-state index contributed by atoms with van der Waals surface area (Å²) >= 11 is 0. The standard InChI is InChI=1S/C11H15F2NO3/c1-16-7-8(15)6-14-9-4-2-3-5-10(9)17-11(12)13/h2-5,8,11,14-15H,6-7H2,1H3. The number of para-hydroxylation sites is 2. The molecule has 0 heterocycles. The molecule has 1 aromatic rings. The minimum Gasteiger partial charge on any atom is -0.433 e. The van der Waals surface area contributed by atoms with Crippen LogP contribution in [0.2, 0.25) is 0 Å². The van der Waals surface area contributed by atoms with E-state index in [2.05, 4.69) is 10.1 Å². The lowest BCUT2D eigenvalue weighted by Gasteiger charge is -2.15. The van der Waals surface area contributed by atoms with E-state index in [0.29, 0.717) is 5.69 Å². The second kappa shape index (κ2) is 7.03. The largest absolute Gasteiger partial charge is 0.433 e. The summed E-state index contributed by atoms with van der Waals surface area (Å²) in [5, 5.41) is 12.2. The zero-order chi connectivity index (χ0) is 12.7. The lowest BCUT2D eigenvalue weighted by atomic mass is 10.2. The van der Waals surface area contributed by atoms with Crippen LogP contribution in [0.15, 0.2) is 24.3 Å². The molecule has 6 heteroatoms. The van der Waals surface area contributed by atoms with Crippen molar-refractivity contribution in [2.24, 2.45) is 0 Å². The van der Waals surface area contributed by atoms with Crippen molar-refractivity contribution in [1.29, 1.82) is 0 Å². The summed E-state index contributed by atoms with van der Waals surface area (Å²) in [6.45, 7) is -2.51. The van der Waals surface area contributed by atoms with Crippen LogP contribution in [0.4, 0.5) is 14.5 Å². The Balaban J connectivity index is 2.57. The molecular weight excluding hydrogens is 232 g/mol. The maximum atomic E-state index is 12.1. The molecule has 0 amide bonds. The molecule has 0 aliphatic rings. The van der Waals surface area contributed by atoms with Gasteiger partial charge >= 0.3 is 6.61 Å². The predicted octanol–water partition coefficient (Wildman–Crippen LogP) is 1.71. The van der Waals surface area contributed by atoms with E-state index < -0.39 is 12.7 Å². The highest BCUT2D eigenvalue weighted by Gasteiger charge is 2.10. The number of alkyl halides is 2. The van der Waals surface area contributed by atoms with Crippen LogP contribution >= 0.6 is 0 Å². The Labute approximate surface area is 98.2 Å². The van der Waals surface area contributed by atoms with Crippen molar-refractivity contribution in [3.63, 3.8) is 0 Å². The van der Waals surface area contributed by atoms with E-state index in [1.165, 1.54) is 13.2 Å². The molecule has 0 saturated heterocycles. The second-order valence-electron chi connectivity index (χ2n) is 3.36. The van der Waals surface area contributed by atoms with Crippen LogP contribution in [0.25, 0.3) is 0 Å². The molecule has 0 spiro atoms. The summed E-state index contributed by atoms with van der Waals surface area (Å²) in [5.41, 5.74) is 0.406. The highest BCUT2D eigenvalue weighted by Crippen LogP contribution is 2.25.